The zero-order valence-corrected chi connectivity index (χ0v) is 12.5. The highest BCUT2D eigenvalue weighted by Crippen LogP contribution is 2.21. The van der Waals surface area contributed by atoms with Crippen molar-refractivity contribution in [1.29, 1.82) is 0 Å². The van der Waals surface area contributed by atoms with Crippen molar-refractivity contribution in [2.45, 2.75) is 38.8 Å². The summed E-state index contributed by atoms with van der Waals surface area (Å²) in [6.07, 6.45) is 1.64. The summed E-state index contributed by atoms with van der Waals surface area (Å²) >= 11 is 0. The number of carboxylic acids is 1. The van der Waals surface area contributed by atoms with E-state index in [1.54, 1.807) is 16.8 Å². The molecule has 1 aliphatic rings. The number of aliphatic carboxylic acids is 1. The molecule has 0 bridgehead atoms. The van der Waals surface area contributed by atoms with Crippen molar-refractivity contribution >= 4 is 12.0 Å². The maximum atomic E-state index is 12.5. The van der Waals surface area contributed by atoms with Crippen LogP contribution in [0.2, 0.25) is 0 Å². The van der Waals surface area contributed by atoms with Crippen LogP contribution < -0.4 is 0 Å². The predicted molar refractivity (Wildman–Crippen MR) is 77.8 cm³/mol. The third-order valence-electron chi connectivity index (χ3n) is 3.70. The fraction of sp³-hybridized carbons (Fsp3) is 0.533. The molecule has 6 heteroatoms. The molecule has 1 unspecified atom stereocenters. The number of likely N-dealkylation sites (tertiary alicyclic amines) is 1. The Bertz CT molecular complexity index is 533. The molecular weight excluding hydrogens is 270 g/mol. The highest BCUT2D eigenvalue weighted by atomic mass is 16.4. The molecule has 2 heterocycles. The van der Waals surface area contributed by atoms with Gasteiger partial charge in [0.05, 0.1) is 18.7 Å². The molecule has 1 N–H and O–H groups in total. The molecule has 1 atom stereocenters. The molecule has 2 amide bonds. The molecule has 1 aromatic rings. The van der Waals surface area contributed by atoms with Gasteiger partial charge in [-0.15, -0.1) is 0 Å². The molecule has 0 radical (unpaired) electrons. The van der Waals surface area contributed by atoms with Crippen molar-refractivity contribution < 1.29 is 14.7 Å². The standard InChI is InChI=1S/C15H21N3O3/c1-11-5-3-6-12(16-11)10-17(2)15(21)18-8-4-7-13(18)9-14(19)20/h3,5-6,13H,4,7-10H2,1-2H3,(H,19,20). The minimum Gasteiger partial charge on any atom is -0.481 e. The van der Waals surface area contributed by atoms with E-state index in [0.717, 1.165) is 24.2 Å². The average molecular weight is 291 g/mol. The van der Waals surface area contributed by atoms with Gasteiger partial charge in [-0.3, -0.25) is 9.78 Å². The molecule has 21 heavy (non-hydrogen) atoms. The molecule has 114 valence electrons. The number of carbonyl (C=O) groups excluding carboxylic acids is 1. The lowest BCUT2D eigenvalue weighted by Gasteiger charge is -2.28. The van der Waals surface area contributed by atoms with Crippen LogP contribution in [-0.2, 0) is 11.3 Å². The van der Waals surface area contributed by atoms with Crippen LogP contribution in [0.5, 0.6) is 0 Å². The predicted octanol–water partition coefficient (Wildman–Crippen LogP) is 1.88. The summed E-state index contributed by atoms with van der Waals surface area (Å²) < 4.78 is 0. The SMILES string of the molecule is Cc1cccc(CN(C)C(=O)N2CCCC2CC(=O)O)n1. The number of nitrogens with zero attached hydrogens (tertiary/aromatic N) is 3. The molecule has 1 aliphatic heterocycles. The van der Waals surface area contributed by atoms with E-state index in [2.05, 4.69) is 4.98 Å². The first kappa shape index (κ1) is 15.3. The van der Waals surface area contributed by atoms with Crippen molar-refractivity contribution in [3.8, 4) is 0 Å². The summed E-state index contributed by atoms with van der Waals surface area (Å²) in [5, 5.41) is 8.92. The second kappa shape index (κ2) is 6.56. The van der Waals surface area contributed by atoms with Crippen molar-refractivity contribution in [1.82, 2.24) is 14.8 Å². The Kier molecular flexibility index (Phi) is 4.77. The van der Waals surface area contributed by atoms with Crippen LogP contribution in [0.3, 0.4) is 0 Å². The van der Waals surface area contributed by atoms with Crippen LogP contribution in [0, 0.1) is 6.92 Å². The summed E-state index contributed by atoms with van der Waals surface area (Å²) in [7, 11) is 1.72. The van der Waals surface area contributed by atoms with Crippen molar-refractivity contribution in [3.05, 3.63) is 29.6 Å². The summed E-state index contributed by atoms with van der Waals surface area (Å²) in [4.78, 5) is 31.0. The van der Waals surface area contributed by atoms with Crippen LogP contribution in [0.15, 0.2) is 18.2 Å². The first-order valence-electron chi connectivity index (χ1n) is 7.13. The molecule has 1 saturated heterocycles. The molecule has 1 aromatic heterocycles. The second-order valence-electron chi connectivity index (χ2n) is 5.50. The van der Waals surface area contributed by atoms with E-state index in [-0.39, 0.29) is 18.5 Å². The van der Waals surface area contributed by atoms with E-state index in [1.807, 2.05) is 25.1 Å². The van der Waals surface area contributed by atoms with Crippen LogP contribution >= 0.6 is 0 Å². The molecule has 2 rings (SSSR count). The number of hydrogen-bond donors (Lipinski definition) is 1. The smallest absolute Gasteiger partial charge is 0.320 e. The quantitative estimate of drug-likeness (QED) is 0.919. The number of rotatable bonds is 4. The Labute approximate surface area is 124 Å². The van der Waals surface area contributed by atoms with Gasteiger partial charge in [0.2, 0.25) is 0 Å². The third kappa shape index (κ3) is 3.93. The topological polar surface area (TPSA) is 73.7 Å². The van der Waals surface area contributed by atoms with E-state index in [4.69, 9.17) is 5.11 Å². The Balaban J connectivity index is 1.99. The molecule has 1 fully saturated rings. The van der Waals surface area contributed by atoms with Gasteiger partial charge in [0, 0.05) is 25.3 Å². The summed E-state index contributed by atoms with van der Waals surface area (Å²) in [5.41, 5.74) is 1.75. The van der Waals surface area contributed by atoms with Gasteiger partial charge in [-0.25, -0.2) is 4.79 Å². The highest BCUT2D eigenvalue weighted by molar-refractivity contribution is 5.76. The van der Waals surface area contributed by atoms with E-state index >= 15 is 0 Å². The summed E-state index contributed by atoms with van der Waals surface area (Å²) in [6.45, 7) is 2.97. The normalized spacial score (nSPS) is 17.8. The lowest BCUT2D eigenvalue weighted by atomic mass is 10.1. The lowest BCUT2D eigenvalue weighted by Crippen LogP contribution is -2.44. The third-order valence-corrected chi connectivity index (χ3v) is 3.70. The minimum absolute atomic E-state index is 0.0161. The van der Waals surface area contributed by atoms with E-state index in [1.165, 1.54) is 0 Å². The number of aryl methyl sites for hydroxylation is 1. The number of hydrogen-bond acceptors (Lipinski definition) is 3. The van der Waals surface area contributed by atoms with Gasteiger partial charge >= 0.3 is 12.0 Å². The fourth-order valence-electron chi connectivity index (χ4n) is 2.72. The lowest BCUT2D eigenvalue weighted by molar-refractivity contribution is -0.138. The molecule has 0 aliphatic carbocycles. The van der Waals surface area contributed by atoms with Crippen LogP contribution in [0.4, 0.5) is 4.79 Å². The second-order valence-corrected chi connectivity index (χ2v) is 5.50. The minimum atomic E-state index is -0.859. The number of aromatic nitrogens is 1. The fourth-order valence-corrected chi connectivity index (χ4v) is 2.72. The Morgan fingerprint density at radius 2 is 2.24 bits per heavy atom. The van der Waals surface area contributed by atoms with Gasteiger partial charge in [-0.05, 0) is 31.9 Å². The van der Waals surface area contributed by atoms with E-state index in [9.17, 15) is 9.59 Å². The zero-order chi connectivity index (χ0) is 15.4. The molecule has 0 saturated carbocycles. The molecular formula is C15H21N3O3. The Morgan fingerprint density at radius 3 is 2.90 bits per heavy atom. The zero-order valence-electron chi connectivity index (χ0n) is 12.5. The molecule has 0 aromatic carbocycles. The highest BCUT2D eigenvalue weighted by Gasteiger charge is 2.32. The number of carboxylic acid groups (broad SMARTS) is 1. The van der Waals surface area contributed by atoms with Gasteiger partial charge in [0.1, 0.15) is 0 Å². The van der Waals surface area contributed by atoms with Crippen molar-refractivity contribution in [2.24, 2.45) is 0 Å². The Hall–Kier alpha value is -2.11. The van der Waals surface area contributed by atoms with Crippen LogP contribution in [-0.4, -0.2) is 51.5 Å². The van der Waals surface area contributed by atoms with Gasteiger partial charge in [-0.2, -0.15) is 0 Å². The van der Waals surface area contributed by atoms with Gasteiger partial charge in [0.15, 0.2) is 0 Å². The first-order chi connectivity index (χ1) is 9.97. The summed E-state index contributed by atoms with van der Waals surface area (Å²) in [5.74, 6) is -0.859. The van der Waals surface area contributed by atoms with Crippen molar-refractivity contribution in [2.75, 3.05) is 13.6 Å². The van der Waals surface area contributed by atoms with E-state index in [0.29, 0.717) is 13.1 Å². The molecule has 6 nitrogen and oxygen atoms in total. The number of urea groups is 1. The van der Waals surface area contributed by atoms with Gasteiger partial charge in [0.25, 0.3) is 0 Å². The van der Waals surface area contributed by atoms with Crippen molar-refractivity contribution in [3.63, 3.8) is 0 Å². The first-order valence-corrected chi connectivity index (χ1v) is 7.13. The van der Waals surface area contributed by atoms with Crippen LogP contribution in [0.1, 0.15) is 30.7 Å². The van der Waals surface area contributed by atoms with Gasteiger partial charge in [-0.1, -0.05) is 6.07 Å². The Morgan fingerprint density at radius 1 is 1.48 bits per heavy atom. The monoisotopic (exact) mass is 291 g/mol. The number of carbonyl (C=O) groups is 2. The van der Waals surface area contributed by atoms with E-state index < -0.39 is 5.97 Å². The van der Waals surface area contributed by atoms with Crippen LogP contribution in [0.25, 0.3) is 0 Å². The molecule has 0 spiro atoms. The maximum Gasteiger partial charge on any atom is 0.320 e. The van der Waals surface area contributed by atoms with Gasteiger partial charge < -0.3 is 14.9 Å². The summed E-state index contributed by atoms with van der Waals surface area (Å²) in [6, 6.07) is 5.40. The number of amides is 2. The number of pyridine rings is 1. The average Bonchev–Trinajstić information content (AvgIpc) is 2.85. The maximum absolute atomic E-state index is 12.5. The largest absolute Gasteiger partial charge is 0.481 e.